The summed E-state index contributed by atoms with van der Waals surface area (Å²) in [4.78, 5) is 2.60. The maximum atomic E-state index is 2.19. The summed E-state index contributed by atoms with van der Waals surface area (Å²) in [6.45, 7) is 2.11. The average Bonchev–Trinajstić information content (AvgIpc) is 2.50. The summed E-state index contributed by atoms with van der Waals surface area (Å²) in [6.07, 6.45) is 11.9. The summed E-state index contributed by atoms with van der Waals surface area (Å²) in [5.41, 5.74) is 1.31. The number of thioether (sulfide) groups is 1. The Balaban J connectivity index is 2.11. The van der Waals surface area contributed by atoms with Crippen molar-refractivity contribution in [2.24, 2.45) is 0 Å². The topological polar surface area (TPSA) is 0 Å². The van der Waals surface area contributed by atoms with Gasteiger partial charge in [-0.3, -0.25) is 0 Å². The van der Waals surface area contributed by atoms with Crippen LogP contribution < -0.4 is 0 Å². The van der Waals surface area contributed by atoms with Crippen molar-refractivity contribution in [3.63, 3.8) is 0 Å². The van der Waals surface area contributed by atoms with E-state index in [1.807, 2.05) is 11.8 Å². The van der Waals surface area contributed by atoms with Gasteiger partial charge in [0.15, 0.2) is 0 Å². The molecule has 1 aromatic carbocycles. The Bertz CT molecular complexity index is 407. The lowest BCUT2D eigenvalue weighted by molar-refractivity contribution is 1.38. The molecular weight excluding hydrogens is 200 g/mol. The zero-order valence-electron chi connectivity index (χ0n) is 8.81. The molecule has 0 spiro atoms. The van der Waals surface area contributed by atoms with Gasteiger partial charge >= 0.3 is 0 Å². The van der Waals surface area contributed by atoms with E-state index in [4.69, 9.17) is 0 Å². The van der Waals surface area contributed by atoms with Gasteiger partial charge in [0.25, 0.3) is 0 Å². The highest BCUT2D eigenvalue weighted by atomic mass is 32.2. The summed E-state index contributed by atoms with van der Waals surface area (Å²) in [5, 5.41) is 0. The Hall–Kier alpha value is -1.21. The van der Waals surface area contributed by atoms with E-state index in [0.717, 1.165) is 6.42 Å². The predicted molar refractivity (Wildman–Crippen MR) is 68.0 cm³/mol. The van der Waals surface area contributed by atoms with E-state index < -0.39 is 0 Å². The molecule has 15 heavy (non-hydrogen) atoms. The second kappa shape index (κ2) is 5.04. The van der Waals surface area contributed by atoms with Crippen molar-refractivity contribution in [3.8, 4) is 0 Å². The van der Waals surface area contributed by atoms with E-state index in [1.165, 1.54) is 15.4 Å². The molecule has 0 saturated carbocycles. The molecular formula is C14H14S. The summed E-state index contributed by atoms with van der Waals surface area (Å²) < 4.78 is 0. The molecule has 0 amide bonds. The first kappa shape index (κ1) is 10.3. The highest BCUT2D eigenvalue weighted by Gasteiger charge is 1.97. The molecule has 0 aliphatic heterocycles. The van der Waals surface area contributed by atoms with E-state index in [9.17, 15) is 0 Å². The largest absolute Gasteiger partial charge is 0.0901 e. The third-order valence-electron chi connectivity index (χ3n) is 2.21. The van der Waals surface area contributed by atoms with Gasteiger partial charge in [-0.2, -0.15) is 0 Å². The number of hydrogen-bond acceptors (Lipinski definition) is 1. The monoisotopic (exact) mass is 214 g/mol. The van der Waals surface area contributed by atoms with Crippen molar-refractivity contribution < 1.29 is 0 Å². The first-order chi connectivity index (χ1) is 7.34. The molecule has 1 aliphatic carbocycles. The van der Waals surface area contributed by atoms with Crippen LogP contribution in [-0.2, 0) is 0 Å². The molecule has 0 aromatic heterocycles. The van der Waals surface area contributed by atoms with Gasteiger partial charge in [-0.05, 0) is 31.6 Å². The van der Waals surface area contributed by atoms with Crippen molar-refractivity contribution in [3.05, 3.63) is 65.1 Å². The third kappa shape index (κ3) is 3.14. The maximum absolute atomic E-state index is 2.19. The molecule has 1 aromatic rings. The number of benzene rings is 1. The van der Waals surface area contributed by atoms with Crippen LogP contribution in [0.2, 0.25) is 0 Å². The molecule has 1 aliphatic rings. The van der Waals surface area contributed by atoms with Gasteiger partial charge in [-0.15, -0.1) is 0 Å². The number of rotatable bonds is 2. The van der Waals surface area contributed by atoms with Gasteiger partial charge in [0.1, 0.15) is 0 Å². The van der Waals surface area contributed by atoms with E-state index >= 15 is 0 Å². The summed E-state index contributed by atoms with van der Waals surface area (Å²) >= 11 is 1.81. The Kier molecular flexibility index (Phi) is 3.46. The Morgan fingerprint density at radius 1 is 1.07 bits per heavy atom. The SMILES string of the molecule is Cc1ccc(SC2=CC=CCC=C2)cc1. The molecule has 0 nitrogen and oxygen atoms in total. The van der Waals surface area contributed by atoms with Crippen LogP contribution in [0.5, 0.6) is 0 Å². The standard InChI is InChI=1S/C14H14S/c1-12-8-10-14(11-9-12)15-13-6-4-2-3-5-7-13/h2,4-11H,3H2,1H3. The summed E-state index contributed by atoms with van der Waals surface area (Å²) in [6, 6.07) is 8.64. The highest BCUT2D eigenvalue weighted by molar-refractivity contribution is 8.03. The van der Waals surface area contributed by atoms with Gasteiger partial charge in [-0.25, -0.2) is 0 Å². The second-order valence-electron chi connectivity index (χ2n) is 3.55. The number of allylic oxidation sites excluding steroid dienone is 5. The molecule has 0 atom stereocenters. The van der Waals surface area contributed by atoms with E-state index in [2.05, 4.69) is 61.6 Å². The molecule has 0 N–H and O–H groups in total. The normalized spacial score (nSPS) is 14.9. The fourth-order valence-corrected chi connectivity index (χ4v) is 2.23. The Morgan fingerprint density at radius 3 is 2.67 bits per heavy atom. The molecule has 2 rings (SSSR count). The summed E-state index contributed by atoms with van der Waals surface area (Å²) in [5.74, 6) is 0. The molecule has 0 heterocycles. The quantitative estimate of drug-likeness (QED) is 0.699. The first-order valence-electron chi connectivity index (χ1n) is 5.12. The fraction of sp³-hybridized carbons (Fsp3) is 0.143. The number of hydrogen-bond donors (Lipinski definition) is 0. The molecule has 1 heteroatoms. The van der Waals surface area contributed by atoms with Crippen LogP contribution in [0.1, 0.15) is 12.0 Å². The Morgan fingerprint density at radius 2 is 1.87 bits per heavy atom. The van der Waals surface area contributed by atoms with Gasteiger partial charge in [0.2, 0.25) is 0 Å². The lowest BCUT2D eigenvalue weighted by atomic mass is 10.2. The van der Waals surface area contributed by atoms with E-state index in [1.54, 1.807) is 0 Å². The predicted octanol–water partition coefficient (Wildman–Crippen LogP) is 4.49. The van der Waals surface area contributed by atoms with Crippen molar-refractivity contribution in [2.75, 3.05) is 0 Å². The summed E-state index contributed by atoms with van der Waals surface area (Å²) in [7, 11) is 0. The zero-order valence-corrected chi connectivity index (χ0v) is 9.63. The minimum absolute atomic E-state index is 1.04. The van der Waals surface area contributed by atoms with Crippen LogP contribution >= 0.6 is 11.8 Å². The Labute approximate surface area is 95.4 Å². The average molecular weight is 214 g/mol. The fourth-order valence-electron chi connectivity index (χ4n) is 1.37. The smallest absolute Gasteiger partial charge is 0.0122 e. The van der Waals surface area contributed by atoms with E-state index in [-0.39, 0.29) is 0 Å². The molecule has 0 fully saturated rings. The van der Waals surface area contributed by atoms with Crippen molar-refractivity contribution in [2.45, 2.75) is 18.2 Å². The molecule has 0 radical (unpaired) electrons. The van der Waals surface area contributed by atoms with Crippen molar-refractivity contribution in [1.29, 1.82) is 0 Å². The van der Waals surface area contributed by atoms with Crippen LogP contribution in [0.3, 0.4) is 0 Å². The van der Waals surface area contributed by atoms with Crippen LogP contribution in [0.15, 0.2) is 64.4 Å². The van der Waals surface area contributed by atoms with Gasteiger partial charge in [0.05, 0.1) is 0 Å². The highest BCUT2D eigenvalue weighted by Crippen LogP contribution is 2.28. The minimum Gasteiger partial charge on any atom is -0.0901 e. The van der Waals surface area contributed by atoms with Gasteiger partial charge < -0.3 is 0 Å². The minimum atomic E-state index is 1.04. The van der Waals surface area contributed by atoms with Crippen LogP contribution in [0.4, 0.5) is 0 Å². The molecule has 0 bridgehead atoms. The number of aryl methyl sites for hydroxylation is 1. The third-order valence-corrected chi connectivity index (χ3v) is 3.22. The molecule has 0 saturated heterocycles. The first-order valence-corrected chi connectivity index (χ1v) is 5.94. The van der Waals surface area contributed by atoms with Gasteiger partial charge in [-0.1, -0.05) is 53.8 Å². The lowest BCUT2D eigenvalue weighted by Crippen LogP contribution is -1.74. The van der Waals surface area contributed by atoms with E-state index in [0.29, 0.717) is 0 Å². The molecule has 76 valence electrons. The molecule has 0 unspecified atom stereocenters. The second-order valence-corrected chi connectivity index (χ2v) is 4.70. The van der Waals surface area contributed by atoms with Crippen molar-refractivity contribution in [1.82, 2.24) is 0 Å². The zero-order chi connectivity index (χ0) is 10.5. The maximum Gasteiger partial charge on any atom is 0.0122 e. The van der Waals surface area contributed by atoms with Crippen LogP contribution in [0.25, 0.3) is 0 Å². The lowest BCUT2D eigenvalue weighted by Gasteiger charge is -2.01. The van der Waals surface area contributed by atoms with Crippen molar-refractivity contribution >= 4 is 11.8 Å². The van der Waals surface area contributed by atoms with Gasteiger partial charge in [0, 0.05) is 9.80 Å². The van der Waals surface area contributed by atoms with Crippen LogP contribution in [0, 0.1) is 6.92 Å². The van der Waals surface area contributed by atoms with Crippen LogP contribution in [-0.4, -0.2) is 0 Å².